The minimum absolute atomic E-state index is 0.691. The average molecular weight is 765 g/mol. The molecule has 1 heterocycles. The zero-order valence-corrected chi connectivity index (χ0v) is 33.0. The van der Waals surface area contributed by atoms with Gasteiger partial charge < -0.3 is 0 Å². The van der Waals surface area contributed by atoms with Gasteiger partial charge in [-0.3, -0.25) is 0 Å². The predicted molar refractivity (Wildman–Crippen MR) is 251 cm³/mol. The molecule has 0 bridgehead atoms. The Labute approximate surface area is 351 Å². The minimum atomic E-state index is 0.691. The normalized spacial score (nSPS) is 11.0. The Kier molecular flexibility index (Phi) is 10.0. The number of hydrogen-bond donors (Lipinski definition) is 0. The average Bonchev–Trinajstić information content (AvgIpc) is 3.35. The summed E-state index contributed by atoms with van der Waals surface area (Å²) in [5, 5.41) is 0. The molecule has 0 fully saturated rings. The van der Waals surface area contributed by atoms with Crippen molar-refractivity contribution in [3.8, 4) is 101 Å². The van der Waals surface area contributed by atoms with Crippen molar-refractivity contribution in [1.82, 2.24) is 9.97 Å². The highest BCUT2D eigenvalue weighted by atomic mass is 14.9. The highest BCUT2D eigenvalue weighted by molar-refractivity contribution is 6.07. The first-order valence-electron chi connectivity index (χ1n) is 20.4. The van der Waals surface area contributed by atoms with Gasteiger partial charge in [0.25, 0.3) is 0 Å². The first-order chi connectivity index (χ1) is 29.8. The highest BCUT2D eigenvalue weighted by Crippen LogP contribution is 2.50. The lowest BCUT2D eigenvalue weighted by atomic mass is 9.78. The Morgan fingerprint density at radius 1 is 0.200 bits per heavy atom. The van der Waals surface area contributed by atoms with Crippen LogP contribution in [0.25, 0.3) is 101 Å². The fourth-order valence-corrected chi connectivity index (χ4v) is 8.25. The topological polar surface area (TPSA) is 25.8 Å². The van der Waals surface area contributed by atoms with Crippen LogP contribution in [0.5, 0.6) is 0 Å². The van der Waals surface area contributed by atoms with Gasteiger partial charge in [-0.2, -0.15) is 0 Å². The summed E-state index contributed by atoms with van der Waals surface area (Å²) in [6.45, 7) is 0. The first kappa shape index (κ1) is 36.4. The van der Waals surface area contributed by atoms with E-state index in [2.05, 4.69) is 231 Å². The fraction of sp³-hybridized carbons (Fsp3) is 0. The van der Waals surface area contributed by atoms with Crippen molar-refractivity contribution in [2.45, 2.75) is 0 Å². The summed E-state index contributed by atoms with van der Waals surface area (Å²) in [6, 6.07) is 86.1. The Hall–Kier alpha value is -7.94. The SMILES string of the molecule is c1ccc(-c2cc(-c3ccccc3)nc(-c3cccc(-c4cccc(-c5cc(-c6ccccc6)c(-c6ccccc6)c(-c6ccccc6)c5-c5ccccc5)c4)c3)n2)cc1. The smallest absolute Gasteiger partial charge is 0.160 e. The minimum Gasteiger partial charge on any atom is -0.228 e. The van der Waals surface area contributed by atoms with E-state index < -0.39 is 0 Å². The molecule has 0 atom stereocenters. The molecule has 0 aliphatic heterocycles. The lowest BCUT2D eigenvalue weighted by Gasteiger charge is -2.24. The van der Waals surface area contributed by atoms with Crippen molar-refractivity contribution in [3.63, 3.8) is 0 Å². The molecular weight excluding hydrogens is 725 g/mol. The second-order valence-electron chi connectivity index (χ2n) is 14.9. The molecule has 0 amide bonds. The van der Waals surface area contributed by atoms with E-state index in [1.54, 1.807) is 0 Å². The Balaban J connectivity index is 1.18. The second-order valence-corrected chi connectivity index (χ2v) is 14.9. The van der Waals surface area contributed by atoms with Crippen molar-refractivity contribution in [2.24, 2.45) is 0 Å². The molecule has 282 valence electrons. The van der Waals surface area contributed by atoms with Crippen LogP contribution >= 0.6 is 0 Å². The van der Waals surface area contributed by atoms with Crippen LogP contribution in [0.1, 0.15) is 0 Å². The Morgan fingerprint density at radius 3 is 0.967 bits per heavy atom. The molecule has 0 spiro atoms. The van der Waals surface area contributed by atoms with Gasteiger partial charge in [-0.05, 0) is 91.0 Å². The van der Waals surface area contributed by atoms with E-state index in [1.807, 2.05) is 12.1 Å². The van der Waals surface area contributed by atoms with Gasteiger partial charge >= 0.3 is 0 Å². The maximum Gasteiger partial charge on any atom is 0.160 e. The summed E-state index contributed by atoms with van der Waals surface area (Å²) in [5.74, 6) is 0.691. The van der Waals surface area contributed by atoms with Crippen LogP contribution in [0.3, 0.4) is 0 Å². The number of benzene rings is 9. The first-order valence-corrected chi connectivity index (χ1v) is 20.4. The standard InChI is InChI=1S/C58H40N2/c1-7-21-41(22-8-1)51-39-52(56(45-29-15-5-16-30-45)57(46-31-17-6-18-32-46)55(51)44-27-13-4-14-28-44)49-35-19-33-47(37-49)48-34-20-36-50(38-48)58-59-53(42-23-9-2-10-24-42)40-54(60-58)43-25-11-3-12-26-43/h1-40H. The van der Waals surface area contributed by atoms with Crippen molar-refractivity contribution in [2.75, 3.05) is 0 Å². The van der Waals surface area contributed by atoms with Crippen LogP contribution < -0.4 is 0 Å². The highest BCUT2D eigenvalue weighted by Gasteiger charge is 2.24. The largest absolute Gasteiger partial charge is 0.228 e. The van der Waals surface area contributed by atoms with E-state index in [1.165, 1.54) is 50.1 Å². The van der Waals surface area contributed by atoms with E-state index in [0.29, 0.717) is 5.82 Å². The van der Waals surface area contributed by atoms with Crippen LogP contribution in [0, 0.1) is 0 Å². The van der Waals surface area contributed by atoms with Crippen LogP contribution in [0.4, 0.5) is 0 Å². The zero-order valence-electron chi connectivity index (χ0n) is 33.0. The summed E-state index contributed by atoms with van der Waals surface area (Å²) < 4.78 is 0. The van der Waals surface area contributed by atoms with E-state index in [4.69, 9.17) is 9.97 Å². The molecular formula is C58H40N2. The quantitative estimate of drug-likeness (QED) is 0.146. The fourth-order valence-electron chi connectivity index (χ4n) is 8.25. The monoisotopic (exact) mass is 764 g/mol. The molecule has 10 rings (SSSR count). The summed E-state index contributed by atoms with van der Waals surface area (Å²) in [7, 11) is 0. The molecule has 0 saturated carbocycles. The van der Waals surface area contributed by atoms with Gasteiger partial charge in [-0.15, -0.1) is 0 Å². The number of nitrogens with zero attached hydrogens (tertiary/aromatic N) is 2. The van der Waals surface area contributed by atoms with Crippen molar-refractivity contribution >= 4 is 0 Å². The summed E-state index contributed by atoms with van der Waals surface area (Å²) in [5.41, 5.74) is 18.9. The third-order valence-corrected chi connectivity index (χ3v) is 11.1. The van der Waals surface area contributed by atoms with E-state index in [-0.39, 0.29) is 0 Å². The second kappa shape index (κ2) is 16.5. The van der Waals surface area contributed by atoms with Gasteiger partial charge in [0.05, 0.1) is 11.4 Å². The van der Waals surface area contributed by atoms with Crippen LogP contribution in [-0.2, 0) is 0 Å². The summed E-state index contributed by atoms with van der Waals surface area (Å²) >= 11 is 0. The Bertz CT molecular complexity index is 2980. The third-order valence-electron chi connectivity index (χ3n) is 11.1. The molecule has 2 heteroatoms. The van der Waals surface area contributed by atoms with Gasteiger partial charge in [0.15, 0.2) is 5.82 Å². The molecule has 2 nitrogen and oxygen atoms in total. The molecule has 0 radical (unpaired) electrons. The molecule has 10 aromatic rings. The molecule has 9 aromatic carbocycles. The molecule has 0 unspecified atom stereocenters. The van der Waals surface area contributed by atoms with E-state index in [0.717, 1.165) is 44.8 Å². The molecule has 0 saturated heterocycles. The maximum atomic E-state index is 5.14. The molecule has 1 aromatic heterocycles. The van der Waals surface area contributed by atoms with Crippen LogP contribution in [0.15, 0.2) is 243 Å². The van der Waals surface area contributed by atoms with E-state index in [9.17, 15) is 0 Å². The van der Waals surface area contributed by atoms with Gasteiger partial charge in [-0.1, -0.05) is 218 Å². The maximum absolute atomic E-state index is 5.14. The van der Waals surface area contributed by atoms with Crippen LogP contribution in [0.2, 0.25) is 0 Å². The zero-order chi connectivity index (χ0) is 40.1. The van der Waals surface area contributed by atoms with Gasteiger partial charge in [0.2, 0.25) is 0 Å². The summed E-state index contributed by atoms with van der Waals surface area (Å²) in [4.78, 5) is 10.3. The van der Waals surface area contributed by atoms with Crippen molar-refractivity contribution in [3.05, 3.63) is 243 Å². The van der Waals surface area contributed by atoms with Crippen molar-refractivity contribution < 1.29 is 0 Å². The lowest BCUT2D eigenvalue weighted by Crippen LogP contribution is -1.98. The molecule has 0 aliphatic rings. The number of hydrogen-bond acceptors (Lipinski definition) is 2. The van der Waals surface area contributed by atoms with E-state index >= 15 is 0 Å². The van der Waals surface area contributed by atoms with Gasteiger partial charge in [0, 0.05) is 16.7 Å². The third kappa shape index (κ3) is 7.35. The number of aromatic nitrogens is 2. The van der Waals surface area contributed by atoms with Gasteiger partial charge in [-0.25, -0.2) is 9.97 Å². The van der Waals surface area contributed by atoms with Crippen molar-refractivity contribution in [1.29, 1.82) is 0 Å². The molecule has 0 aliphatic carbocycles. The molecule has 60 heavy (non-hydrogen) atoms. The van der Waals surface area contributed by atoms with Crippen LogP contribution in [-0.4, -0.2) is 9.97 Å². The molecule has 0 N–H and O–H groups in total. The lowest BCUT2D eigenvalue weighted by molar-refractivity contribution is 1.18. The Morgan fingerprint density at radius 2 is 0.517 bits per heavy atom. The van der Waals surface area contributed by atoms with Gasteiger partial charge in [0.1, 0.15) is 0 Å². The summed E-state index contributed by atoms with van der Waals surface area (Å²) in [6.07, 6.45) is 0. The number of rotatable bonds is 9. The predicted octanol–water partition coefficient (Wildman–Crippen LogP) is 15.5.